The van der Waals surface area contributed by atoms with Crippen LogP contribution in [-0.2, 0) is 9.59 Å². The number of para-hydroxylation sites is 1. The van der Waals surface area contributed by atoms with Gasteiger partial charge in [-0.05, 0) is 19.4 Å². The van der Waals surface area contributed by atoms with E-state index in [2.05, 4.69) is 10.9 Å². The van der Waals surface area contributed by atoms with Gasteiger partial charge in [0.2, 0.25) is 11.8 Å². The summed E-state index contributed by atoms with van der Waals surface area (Å²) in [5.41, 5.74) is 5.91. The Labute approximate surface area is 155 Å². The van der Waals surface area contributed by atoms with Crippen LogP contribution in [0.15, 0.2) is 28.7 Å². The Morgan fingerprint density at radius 1 is 1.19 bits per heavy atom. The largest absolute Gasteiger partial charge is 0.451 e. The van der Waals surface area contributed by atoms with E-state index in [4.69, 9.17) is 4.42 Å². The second-order valence-corrected chi connectivity index (χ2v) is 6.34. The molecule has 1 saturated heterocycles. The highest BCUT2D eigenvalue weighted by Crippen LogP contribution is 2.24. The number of urea groups is 1. The Hall–Kier alpha value is -3.36. The number of hydrogen-bond donors (Lipinski definition) is 2. The van der Waals surface area contributed by atoms with Crippen LogP contribution in [-0.4, -0.2) is 53.7 Å². The summed E-state index contributed by atoms with van der Waals surface area (Å²) < 4.78 is 5.53. The van der Waals surface area contributed by atoms with Gasteiger partial charge in [-0.25, -0.2) is 4.79 Å². The van der Waals surface area contributed by atoms with E-state index in [0.717, 1.165) is 10.3 Å². The maximum absolute atomic E-state index is 12.2. The van der Waals surface area contributed by atoms with Crippen molar-refractivity contribution < 1.29 is 23.6 Å². The molecule has 2 aromatic rings. The van der Waals surface area contributed by atoms with Crippen molar-refractivity contribution in [1.82, 2.24) is 20.7 Å². The standard InChI is InChI=1S/C18H20N4O5/c1-11-12-6-3-4-7-13(12)27-16(11)17(25)20-19-14(23)8-5-9-22-15(24)10-21(2)18(22)26/h3-4,6-7H,5,8-10H2,1-2H3,(H,19,23)(H,20,25). The van der Waals surface area contributed by atoms with Crippen molar-refractivity contribution in [3.05, 3.63) is 35.6 Å². The predicted octanol–water partition coefficient (Wildman–Crippen LogP) is 1.18. The molecular weight excluding hydrogens is 352 g/mol. The number of carbonyl (C=O) groups is 4. The molecule has 9 nitrogen and oxygen atoms in total. The van der Waals surface area contributed by atoms with Crippen LogP contribution >= 0.6 is 0 Å². The van der Waals surface area contributed by atoms with Crippen molar-refractivity contribution in [2.75, 3.05) is 20.1 Å². The van der Waals surface area contributed by atoms with Gasteiger partial charge in [0.15, 0.2) is 5.76 Å². The van der Waals surface area contributed by atoms with Crippen LogP contribution in [0, 0.1) is 6.92 Å². The molecule has 2 N–H and O–H groups in total. The van der Waals surface area contributed by atoms with Gasteiger partial charge in [-0.1, -0.05) is 18.2 Å². The number of fused-ring (bicyclic) bond motifs is 1. The highest BCUT2D eigenvalue weighted by molar-refractivity contribution is 6.02. The zero-order valence-electron chi connectivity index (χ0n) is 15.1. The third-order valence-corrected chi connectivity index (χ3v) is 4.38. The average molecular weight is 372 g/mol. The molecule has 1 aliphatic rings. The summed E-state index contributed by atoms with van der Waals surface area (Å²) in [6, 6.07) is 6.90. The summed E-state index contributed by atoms with van der Waals surface area (Å²) >= 11 is 0. The van der Waals surface area contributed by atoms with Gasteiger partial charge in [0, 0.05) is 31.0 Å². The summed E-state index contributed by atoms with van der Waals surface area (Å²) in [5.74, 6) is -1.13. The SMILES string of the molecule is Cc1c(C(=O)NNC(=O)CCCN2C(=O)CN(C)C2=O)oc2ccccc12. The smallest absolute Gasteiger partial charge is 0.326 e. The van der Waals surface area contributed by atoms with E-state index in [1.807, 2.05) is 18.2 Å². The highest BCUT2D eigenvalue weighted by Gasteiger charge is 2.32. The number of amides is 5. The van der Waals surface area contributed by atoms with Crippen LogP contribution in [0.4, 0.5) is 4.79 Å². The lowest BCUT2D eigenvalue weighted by Crippen LogP contribution is -2.42. The number of carbonyl (C=O) groups excluding carboxylic acids is 4. The molecule has 2 heterocycles. The number of aryl methyl sites for hydroxylation is 1. The first-order valence-electron chi connectivity index (χ1n) is 8.51. The molecule has 9 heteroatoms. The fourth-order valence-corrected chi connectivity index (χ4v) is 2.92. The lowest BCUT2D eigenvalue weighted by molar-refractivity contribution is -0.126. The molecule has 142 valence electrons. The molecule has 3 rings (SSSR count). The van der Waals surface area contributed by atoms with Crippen LogP contribution in [0.3, 0.4) is 0 Å². The molecule has 1 aromatic heterocycles. The molecule has 27 heavy (non-hydrogen) atoms. The molecule has 0 radical (unpaired) electrons. The Morgan fingerprint density at radius 2 is 1.93 bits per heavy atom. The lowest BCUT2D eigenvalue weighted by Gasteiger charge is -2.13. The molecule has 0 aliphatic carbocycles. The van der Waals surface area contributed by atoms with Gasteiger partial charge in [0.05, 0.1) is 0 Å². The maximum atomic E-state index is 12.2. The minimum atomic E-state index is -0.552. The number of hydrazine groups is 1. The molecular formula is C18H20N4O5. The van der Waals surface area contributed by atoms with Crippen LogP contribution in [0.5, 0.6) is 0 Å². The second kappa shape index (κ2) is 7.48. The van der Waals surface area contributed by atoms with Crippen molar-refractivity contribution in [3.8, 4) is 0 Å². The number of likely N-dealkylation sites (N-methyl/N-ethyl adjacent to an activating group) is 1. The van der Waals surface area contributed by atoms with Crippen molar-refractivity contribution >= 4 is 34.7 Å². The van der Waals surface area contributed by atoms with Crippen molar-refractivity contribution in [3.63, 3.8) is 0 Å². The van der Waals surface area contributed by atoms with Crippen molar-refractivity contribution in [1.29, 1.82) is 0 Å². The maximum Gasteiger partial charge on any atom is 0.326 e. The molecule has 0 atom stereocenters. The number of rotatable bonds is 5. The minimum absolute atomic E-state index is 0.0535. The van der Waals surface area contributed by atoms with E-state index in [0.29, 0.717) is 17.6 Å². The average Bonchev–Trinajstić information content (AvgIpc) is 3.11. The van der Waals surface area contributed by atoms with Gasteiger partial charge < -0.3 is 9.32 Å². The predicted molar refractivity (Wildman–Crippen MR) is 95.5 cm³/mol. The summed E-state index contributed by atoms with van der Waals surface area (Å²) in [6.07, 6.45) is 0.358. The molecule has 0 bridgehead atoms. The monoisotopic (exact) mass is 372 g/mol. The van der Waals surface area contributed by atoms with Crippen LogP contribution in [0.1, 0.15) is 29.0 Å². The number of furan rings is 1. The zero-order chi connectivity index (χ0) is 19.6. The summed E-state index contributed by atoms with van der Waals surface area (Å²) in [7, 11) is 1.54. The van der Waals surface area contributed by atoms with Gasteiger partial charge in [-0.2, -0.15) is 0 Å². The first-order valence-corrected chi connectivity index (χ1v) is 8.51. The van der Waals surface area contributed by atoms with Crippen molar-refractivity contribution in [2.24, 2.45) is 0 Å². The number of nitrogens with one attached hydrogen (secondary N) is 2. The van der Waals surface area contributed by atoms with Crippen LogP contribution < -0.4 is 10.9 Å². The van der Waals surface area contributed by atoms with Gasteiger partial charge in [0.25, 0.3) is 0 Å². The van der Waals surface area contributed by atoms with Gasteiger partial charge >= 0.3 is 11.9 Å². The molecule has 1 aromatic carbocycles. The number of hydrogen-bond acceptors (Lipinski definition) is 5. The molecule has 1 aliphatic heterocycles. The van der Waals surface area contributed by atoms with Gasteiger partial charge in [-0.3, -0.25) is 30.1 Å². The number of benzene rings is 1. The van der Waals surface area contributed by atoms with Crippen LogP contribution in [0.25, 0.3) is 11.0 Å². The lowest BCUT2D eigenvalue weighted by atomic mass is 10.1. The van der Waals surface area contributed by atoms with E-state index in [-0.39, 0.29) is 37.2 Å². The van der Waals surface area contributed by atoms with Crippen LogP contribution in [0.2, 0.25) is 0 Å². The fourth-order valence-electron chi connectivity index (χ4n) is 2.92. The summed E-state index contributed by atoms with van der Waals surface area (Å²) in [6.45, 7) is 1.98. The third kappa shape index (κ3) is 3.76. The topological polar surface area (TPSA) is 112 Å². The number of imide groups is 1. The number of nitrogens with zero attached hydrogens (tertiary/aromatic N) is 2. The Kier molecular flexibility index (Phi) is 5.11. The summed E-state index contributed by atoms with van der Waals surface area (Å²) in [4.78, 5) is 49.9. The second-order valence-electron chi connectivity index (χ2n) is 6.34. The third-order valence-electron chi connectivity index (χ3n) is 4.38. The molecule has 1 fully saturated rings. The van der Waals surface area contributed by atoms with E-state index in [9.17, 15) is 19.2 Å². The zero-order valence-corrected chi connectivity index (χ0v) is 15.1. The highest BCUT2D eigenvalue weighted by atomic mass is 16.3. The van der Waals surface area contributed by atoms with E-state index in [1.54, 1.807) is 20.0 Å². The molecule has 5 amide bonds. The van der Waals surface area contributed by atoms with E-state index >= 15 is 0 Å². The van der Waals surface area contributed by atoms with Crippen molar-refractivity contribution in [2.45, 2.75) is 19.8 Å². The van der Waals surface area contributed by atoms with Gasteiger partial charge in [-0.15, -0.1) is 0 Å². The first-order chi connectivity index (χ1) is 12.9. The minimum Gasteiger partial charge on any atom is -0.451 e. The fraction of sp³-hybridized carbons (Fsp3) is 0.333. The normalized spacial score (nSPS) is 14.1. The Bertz CT molecular complexity index is 920. The summed E-state index contributed by atoms with van der Waals surface area (Å²) in [5, 5.41) is 0.832. The molecule has 0 spiro atoms. The van der Waals surface area contributed by atoms with Gasteiger partial charge in [0.1, 0.15) is 12.1 Å². The Balaban J connectivity index is 1.47. The van der Waals surface area contributed by atoms with E-state index in [1.165, 1.54) is 4.90 Å². The molecule has 0 saturated carbocycles. The van der Waals surface area contributed by atoms with E-state index < -0.39 is 11.8 Å². The quantitative estimate of drug-likeness (QED) is 0.605. The molecule has 0 unspecified atom stereocenters. The first kappa shape index (κ1) is 18.4. The Morgan fingerprint density at radius 3 is 2.59 bits per heavy atom.